The molecule has 0 aromatic heterocycles. The third-order valence-electron chi connectivity index (χ3n) is 2.37. The maximum atomic E-state index is 11.1. The van der Waals surface area contributed by atoms with Crippen LogP contribution in [0.2, 0.25) is 0 Å². The highest BCUT2D eigenvalue weighted by Gasteiger charge is 2.08. The average molecular weight is 381 g/mol. The summed E-state index contributed by atoms with van der Waals surface area (Å²) in [6.07, 6.45) is 2.78. The molecule has 0 saturated carbocycles. The number of rotatable bonds is 6. The van der Waals surface area contributed by atoms with Gasteiger partial charge in [-0.15, -0.1) is 11.6 Å². The van der Waals surface area contributed by atoms with Crippen molar-refractivity contribution in [1.29, 1.82) is 0 Å². The third-order valence-corrected chi connectivity index (χ3v) is 3.53. The smallest absolute Gasteiger partial charge is 0.331 e. The van der Waals surface area contributed by atoms with Crippen LogP contribution < -0.4 is 4.74 Å². The molecule has 5 heteroatoms. The lowest BCUT2D eigenvalue weighted by molar-refractivity contribution is -0.132. The van der Waals surface area contributed by atoms with Gasteiger partial charge in [0.25, 0.3) is 0 Å². The molecular weight excluding hydrogens is 366 g/mol. The van der Waals surface area contributed by atoms with Gasteiger partial charge in [-0.3, -0.25) is 0 Å². The standard InChI is InChI=1S/C13H14ClIO3/c1-18-12-8-9(4-5-11(12)15)7-10(13(16)17)3-2-6-14/h4-5,7-8H,2-3,6H2,1H3,(H,16,17). The molecular formula is C13H14ClIO3. The highest BCUT2D eigenvalue weighted by Crippen LogP contribution is 2.23. The first-order valence-electron chi connectivity index (χ1n) is 5.42. The molecule has 98 valence electrons. The molecule has 0 atom stereocenters. The van der Waals surface area contributed by atoms with Crippen LogP contribution in [0.25, 0.3) is 6.08 Å². The van der Waals surface area contributed by atoms with Crippen molar-refractivity contribution >= 4 is 46.2 Å². The summed E-state index contributed by atoms with van der Waals surface area (Å²) in [4.78, 5) is 11.1. The fourth-order valence-electron chi connectivity index (χ4n) is 1.47. The molecule has 0 fully saturated rings. The Bertz CT molecular complexity index is 458. The maximum Gasteiger partial charge on any atom is 0.331 e. The van der Waals surface area contributed by atoms with Crippen LogP contribution >= 0.6 is 34.2 Å². The van der Waals surface area contributed by atoms with Gasteiger partial charge in [-0.05, 0) is 59.2 Å². The van der Waals surface area contributed by atoms with Crippen LogP contribution in [0.1, 0.15) is 18.4 Å². The lowest BCUT2D eigenvalue weighted by Gasteiger charge is -2.05. The summed E-state index contributed by atoms with van der Waals surface area (Å²) in [6, 6.07) is 5.59. The SMILES string of the molecule is COc1cc(C=C(CCCCl)C(=O)O)ccc1I. The second-order valence-electron chi connectivity index (χ2n) is 3.66. The highest BCUT2D eigenvalue weighted by atomic mass is 127. The fraction of sp³-hybridized carbons (Fsp3) is 0.308. The van der Waals surface area contributed by atoms with E-state index in [9.17, 15) is 4.79 Å². The van der Waals surface area contributed by atoms with E-state index in [0.717, 1.165) is 14.9 Å². The summed E-state index contributed by atoms with van der Waals surface area (Å²) in [5.74, 6) is 0.296. The first kappa shape index (κ1) is 15.3. The lowest BCUT2D eigenvalue weighted by Crippen LogP contribution is -2.01. The zero-order valence-corrected chi connectivity index (χ0v) is 12.9. The van der Waals surface area contributed by atoms with Gasteiger partial charge in [-0.1, -0.05) is 6.07 Å². The topological polar surface area (TPSA) is 46.5 Å². The monoisotopic (exact) mass is 380 g/mol. The normalized spacial score (nSPS) is 11.4. The second kappa shape index (κ2) is 7.63. The summed E-state index contributed by atoms with van der Waals surface area (Å²) in [5.41, 5.74) is 1.18. The van der Waals surface area contributed by atoms with Crippen LogP contribution in [-0.2, 0) is 4.79 Å². The Balaban J connectivity index is 3.00. The zero-order valence-electron chi connectivity index (χ0n) is 9.95. The van der Waals surface area contributed by atoms with Gasteiger partial charge in [-0.2, -0.15) is 0 Å². The number of hydrogen-bond acceptors (Lipinski definition) is 2. The van der Waals surface area contributed by atoms with Crippen molar-refractivity contribution < 1.29 is 14.6 Å². The van der Waals surface area contributed by atoms with Crippen LogP contribution in [0.3, 0.4) is 0 Å². The number of carboxylic acid groups (broad SMARTS) is 1. The number of alkyl halides is 1. The molecule has 1 aromatic carbocycles. The maximum absolute atomic E-state index is 11.1. The molecule has 0 aliphatic rings. The molecule has 0 unspecified atom stereocenters. The van der Waals surface area contributed by atoms with Crippen LogP contribution in [0.15, 0.2) is 23.8 Å². The van der Waals surface area contributed by atoms with E-state index in [4.69, 9.17) is 21.4 Å². The molecule has 0 heterocycles. The largest absolute Gasteiger partial charge is 0.496 e. The van der Waals surface area contributed by atoms with E-state index in [1.165, 1.54) is 0 Å². The van der Waals surface area contributed by atoms with E-state index in [1.807, 2.05) is 18.2 Å². The minimum Gasteiger partial charge on any atom is -0.496 e. The molecule has 1 N–H and O–H groups in total. The molecule has 3 nitrogen and oxygen atoms in total. The van der Waals surface area contributed by atoms with Crippen LogP contribution in [0, 0.1) is 3.57 Å². The summed E-state index contributed by atoms with van der Waals surface area (Å²) in [5, 5.41) is 9.10. The van der Waals surface area contributed by atoms with E-state index >= 15 is 0 Å². The fourth-order valence-corrected chi connectivity index (χ4v) is 2.15. The Morgan fingerprint density at radius 2 is 2.28 bits per heavy atom. The molecule has 0 aliphatic carbocycles. The van der Waals surface area contributed by atoms with Crippen molar-refractivity contribution in [1.82, 2.24) is 0 Å². The van der Waals surface area contributed by atoms with Crippen molar-refractivity contribution in [2.75, 3.05) is 13.0 Å². The molecule has 0 saturated heterocycles. The summed E-state index contributed by atoms with van der Waals surface area (Å²) in [6.45, 7) is 0. The van der Waals surface area contributed by atoms with E-state index in [-0.39, 0.29) is 0 Å². The van der Waals surface area contributed by atoms with Gasteiger partial charge < -0.3 is 9.84 Å². The molecule has 0 radical (unpaired) electrons. The molecule has 18 heavy (non-hydrogen) atoms. The van der Waals surface area contributed by atoms with Gasteiger partial charge in [0.2, 0.25) is 0 Å². The van der Waals surface area contributed by atoms with Gasteiger partial charge in [0.1, 0.15) is 5.75 Å². The van der Waals surface area contributed by atoms with Gasteiger partial charge >= 0.3 is 5.97 Å². The first-order valence-corrected chi connectivity index (χ1v) is 7.03. The number of ether oxygens (including phenoxy) is 1. The minimum absolute atomic E-state index is 0.360. The predicted octanol–water partition coefficient (Wildman–Crippen LogP) is 3.79. The van der Waals surface area contributed by atoms with Crippen molar-refractivity contribution in [3.63, 3.8) is 0 Å². The van der Waals surface area contributed by atoms with Gasteiger partial charge in [0, 0.05) is 11.5 Å². The average Bonchev–Trinajstić information content (AvgIpc) is 2.36. The van der Waals surface area contributed by atoms with Crippen molar-refractivity contribution in [3.8, 4) is 5.75 Å². The molecule has 1 rings (SSSR count). The number of hydrogen-bond donors (Lipinski definition) is 1. The Hall–Kier alpha value is -0.750. The first-order chi connectivity index (χ1) is 8.58. The van der Waals surface area contributed by atoms with E-state index in [0.29, 0.717) is 24.3 Å². The van der Waals surface area contributed by atoms with E-state index < -0.39 is 5.97 Å². The number of halogens is 2. The molecule has 1 aromatic rings. The van der Waals surface area contributed by atoms with Crippen LogP contribution in [0.4, 0.5) is 0 Å². The number of aliphatic carboxylic acids is 1. The lowest BCUT2D eigenvalue weighted by atomic mass is 10.1. The Kier molecular flexibility index (Phi) is 6.49. The Morgan fingerprint density at radius 1 is 1.56 bits per heavy atom. The van der Waals surface area contributed by atoms with E-state index in [2.05, 4.69) is 22.6 Å². The Labute approximate surface area is 125 Å². The highest BCUT2D eigenvalue weighted by molar-refractivity contribution is 14.1. The number of methoxy groups -OCH3 is 1. The molecule has 0 spiro atoms. The van der Waals surface area contributed by atoms with Crippen LogP contribution in [0.5, 0.6) is 5.75 Å². The summed E-state index contributed by atoms with van der Waals surface area (Å²) >= 11 is 7.75. The summed E-state index contributed by atoms with van der Waals surface area (Å²) < 4.78 is 6.19. The number of carboxylic acids is 1. The quantitative estimate of drug-likeness (QED) is 0.464. The predicted molar refractivity (Wildman–Crippen MR) is 81.3 cm³/mol. The third kappa shape index (κ3) is 4.49. The van der Waals surface area contributed by atoms with Crippen LogP contribution in [-0.4, -0.2) is 24.1 Å². The number of benzene rings is 1. The van der Waals surface area contributed by atoms with Crippen molar-refractivity contribution in [2.24, 2.45) is 0 Å². The number of carbonyl (C=O) groups is 1. The van der Waals surface area contributed by atoms with Gasteiger partial charge in [0.15, 0.2) is 0 Å². The van der Waals surface area contributed by atoms with Gasteiger partial charge in [-0.25, -0.2) is 4.79 Å². The molecule has 0 bridgehead atoms. The second-order valence-corrected chi connectivity index (χ2v) is 5.20. The molecule has 0 aliphatic heterocycles. The Morgan fingerprint density at radius 3 is 2.83 bits per heavy atom. The zero-order chi connectivity index (χ0) is 13.5. The van der Waals surface area contributed by atoms with Crippen molar-refractivity contribution in [2.45, 2.75) is 12.8 Å². The summed E-state index contributed by atoms with van der Waals surface area (Å²) in [7, 11) is 1.59. The minimum atomic E-state index is -0.905. The molecule has 0 amide bonds. The van der Waals surface area contributed by atoms with E-state index in [1.54, 1.807) is 13.2 Å². The van der Waals surface area contributed by atoms with Gasteiger partial charge in [0.05, 0.1) is 10.7 Å². The van der Waals surface area contributed by atoms with Crippen molar-refractivity contribution in [3.05, 3.63) is 32.9 Å².